The summed E-state index contributed by atoms with van der Waals surface area (Å²) in [5.41, 5.74) is 0. The summed E-state index contributed by atoms with van der Waals surface area (Å²) in [5.74, 6) is -4.40. The van der Waals surface area contributed by atoms with E-state index in [9.17, 15) is 21.1 Å². The molecule has 7 heteroatoms. The largest absolute Gasteiger partial charge is 0.503 e. The van der Waals surface area contributed by atoms with Gasteiger partial charge in [-0.25, -0.2) is 8.78 Å². The topological polar surface area (TPSA) is 54.4 Å². The normalized spacial score (nSPS) is 11.6. The fraction of sp³-hybridized carbons (Fsp3) is 0. The molecule has 0 amide bonds. The molecule has 13 heavy (non-hydrogen) atoms. The smallest absolute Gasteiger partial charge is 0.332 e. The van der Waals surface area contributed by atoms with E-state index in [4.69, 9.17) is 5.11 Å². The second-order valence-electron chi connectivity index (χ2n) is 2.17. The van der Waals surface area contributed by atoms with Gasteiger partial charge in [-0.2, -0.15) is 8.42 Å². The maximum absolute atomic E-state index is 12.4. The predicted octanol–water partition coefficient (Wildman–Crippen LogP) is 1.33. The second-order valence-corrected chi connectivity index (χ2v) is 3.52. The minimum Gasteiger partial charge on any atom is -0.503 e. The van der Waals surface area contributed by atoms with Crippen molar-refractivity contribution in [2.24, 2.45) is 0 Å². The third-order valence-electron chi connectivity index (χ3n) is 1.27. The van der Waals surface area contributed by atoms with Crippen molar-refractivity contribution in [3.05, 3.63) is 23.8 Å². The first-order valence-corrected chi connectivity index (χ1v) is 4.33. The molecule has 0 aliphatic rings. The molecular formula is C6H3F3O3S. The van der Waals surface area contributed by atoms with Crippen molar-refractivity contribution in [3.8, 4) is 5.75 Å². The van der Waals surface area contributed by atoms with Crippen molar-refractivity contribution in [2.45, 2.75) is 4.90 Å². The van der Waals surface area contributed by atoms with Crippen LogP contribution in [-0.2, 0) is 10.2 Å². The third-order valence-corrected chi connectivity index (χ3v) is 2.07. The number of aromatic hydroxyl groups is 1. The van der Waals surface area contributed by atoms with Crippen molar-refractivity contribution < 1.29 is 26.2 Å². The molecular weight excluding hydrogens is 209 g/mol. The summed E-state index contributed by atoms with van der Waals surface area (Å²) in [7, 11) is -5.16. The summed E-state index contributed by atoms with van der Waals surface area (Å²) < 4.78 is 57.4. The van der Waals surface area contributed by atoms with Gasteiger partial charge < -0.3 is 5.11 Å². The van der Waals surface area contributed by atoms with Crippen LogP contribution in [0.2, 0.25) is 0 Å². The Labute approximate surface area is 71.6 Å². The lowest BCUT2D eigenvalue weighted by Gasteiger charge is -1.99. The summed E-state index contributed by atoms with van der Waals surface area (Å²) in [6.07, 6.45) is 0. The van der Waals surface area contributed by atoms with Crippen LogP contribution in [0.5, 0.6) is 5.75 Å². The zero-order valence-electron chi connectivity index (χ0n) is 5.96. The van der Waals surface area contributed by atoms with Gasteiger partial charge in [-0.3, -0.25) is 0 Å². The highest BCUT2D eigenvalue weighted by molar-refractivity contribution is 7.86. The van der Waals surface area contributed by atoms with Gasteiger partial charge in [0.2, 0.25) is 0 Å². The van der Waals surface area contributed by atoms with Crippen LogP contribution in [-0.4, -0.2) is 13.5 Å². The van der Waals surface area contributed by atoms with Crippen molar-refractivity contribution >= 4 is 10.2 Å². The summed E-state index contributed by atoms with van der Waals surface area (Å²) >= 11 is 0. The van der Waals surface area contributed by atoms with Gasteiger partial charge >= 0.3 is 10.2 Å². The Morgan fingerprint density at radius 2 is 1.54 bits per heavy atom. The number of phenols is 1. The molecule has 0 unspecified atom stereocenters. The zero-order valence-corrected chi connectivity index (χ0v) is 6.78. The Hall–Kier alpha value is -1.24. The van der Waals surface area contributed by atoms with Crippen LogP contribution < -0.4 is 0 Å². The first kappa shape index (κ1) is 9.85. The summed E-state index contributed by atoms with van der Waals surface area (Å²) in [6, 6.07) is 0.376. The highest BCUT2D eigenvalue weighted by Crippen LogP contribution is 2.24. The molecule has 0 bridgehead atoms. The maximum atomic E-state index is 12.4. The average Bonchev–Trinajstić information content (AvgIpc) is 1.97. The quantitative estimate of drug-likeness (QED) is 0.714. The van der Waals surface area contributed by atoms with Crippen LogP contribution in [0.3, 0.4) is 0 Å². The van der Waals surface area contributed by atoms with E-state index in [1.54, 1.807) is 0 Å². The molecule has 0 fully saturated rings. The SMILES string of the molecule is O=S(=O)(F)c1cc(F)c(O)c(F)c1. The van der Waals surface area contributed by atoms with E-state index in [1.165, 1.54) is 0 Å². The minimum atomic E-state index is -5.16. The number of halogens is 3. The maximum Gasteiger partial charge on any atom is 0.332 e. The van der Waals surface area contributed by atoms with E-state index in [-0.39, 0.29) is 12.1 Å². The second kappa shape index (κ2) is 2.91. The van der Waals surface area contributed by atoms with Gasteiger partial charge in [0.15, 0.2) is 17.4 Å². The molecule has 1 rings (SSSR count). The lowest BCUT2D eigenvalue weighted by Crippen LogP contribution is -1.95. The lowest BCUT2D eigenvalue weighted by atomic mass is 10.3. The molecule has 1 N–H and O–H groups in total. The molecule has 0 atom stereocenters. The first-order valence-electron chi connectivity index (χ1n) is 2.95. The molecule has 0 heterocycles. The van der Waals surface area contributed by atoms with Gasteiger partial charge in [0.25, 0.3) is 0 Å². The molecule has 1 aromatic rings. The van der Waals surface area contributed by atoms with Crippen molar-refractivity contribution in [3.63, 3.8) is 0 Å². The molecule has 0 spiro atoms. The molecule has 0 saturated carbocycles. The van der Waals surface area contributed by atoms with Gasteiger partial charge in [-0.1, -0.05) is 0 Å². The van der Waals surface area contributed by atoms with Crippen molar-refractivity contribution in [1.29, 1.82) is 0 Å². The lowest BCUT2D eigenvalue weighted by molar-refractivity contribution is 0.393. The molecule has 0 aliphatic heterocycles. The molecule has 3 nitrogen and oxygen atoms in total. The third kappa shape index (κ3) is 1.92. The van der Waals surface area contributed by atoms with Gasteiger partial charge in [0, 0.05) is 0 Å². The van der Waals surface area contributed by atoms with Crippen LogP contribution in [0.15, 0.2) is 17.0 Å². The fourth-order valence-electron chi connectivity index (χ4n) is 0.683. The van der Waals surface area contributed by atoms with Crippen LogP contribution >= 0.6 is 0 Å². The van der Waals surface area contributed by atoms with Gasteiger partial charge in [0.05, 0.1) is 0 Å². The van der Waals surface area contributed by atoms with E-state index >= 15 is 0 Å². The van der Waals surface area contributed by atoms with Gasteiger partial charge in [-0.15, -0.1) is 3.89 Å². The van der Waals surface area contributed by atoms with E-state index in [0.717, 1.165) is 0 Å². The monoisotopic (exact) mass is 212 g/mol. The van der Waals surface area contributed by atoms with E-state index in [1.807, 2.05) is 0 Å². The average molecular weight is 212 g/mol. The van der Waals surface area contributed by atoms with Gasteiger partial charge in [0.1, 0.15) is 4.90 Å². The molecule has 0 aliphatic carbocycles. The van der Waals surface area contributed by atoms with E-state index < -0.39 is 32.5 Å². The Morgan fingerprint density at radius 3 is 1.85 bits per heavy atom. The first-order chi connectivity index (χ1) is 5.82. The van der Waals surface area contributed by atoms with E-state index in [2.05, 4.69) is 0 Å². The summed E-state index contributed by atoms with van der Waals surface area (Å²) in [4.78, 5) is -1.17. The van der Waals surface area contributed by atoms with E-state index in [0.29, 0.717) is 0 Å². The molecule has 0 radical (unpaired) electrons. The number of hydrogen-bond acceptors (Lipinski definition) is 3. The highest BCUT2D eigenvalue weighted by atomic mass is 32.3. The number of benzene rings is 1. The van der Waals surface area contributed by atoms with Crippen LogP contribution in [0.4, 0.5) is 12.7 Å². The zero-order chi connectivity index (χ0) is 10.2. The van der Waals surface area contributed by atoms with Crippen LogP contribution in [0.25, 0.3) is 0 Å². The summed E-state index contributed by atoms with van der Waals surface area (Å²) in [6.45, 7) is 0. The van der Waals surface area contributed by atoms with Crippen LogP contribution in [0.1, 0.15) is 0 Å². The number of phenolic OH excluding ortho intramolecular Hbond substituents is 1. The number of hydrogen-bond donors (Lipinski definition) is 1. The fourth-order valence-corrected chi connectivity index (χ4v) is 1.17. The highest BCUT2D eigenvalue weighted by Gasteiger charge is 2.18. The molecule has 0 aromatic heterocycles. The van der Waals surface area contributed by atoms with Gasteiger partial charge in [-0.05, 0) is 12.1 Å². The molecule has 0 saturated heterocycles. The Bertz CT molecular complexity index is 417. The molecule has 72 valence electrons. The van der Waals surface area contributed by atoms with Crippen molar-refractivity contribution in [1.82, 2.24) is 0 Å². The Morgan fingerprint density at radius 1 is 1.15 bits per heavy atom. The molecule has 1 aromatic carbocycles. The minimum absolute atomic E-state index is 0.188. The summed E-state index contributed by atoms with van der Waals surface area (Å²) in [5, 5.41) is 8.53. The Kier molecular flexibility index (Phi) is 2.21. The van der Waals surface area contributed by atoms with Crippen molar-refractivity contribution in [2.75, 3.05) is 0 Å². The predicted molar refractivity (Wildman–Crippen MR) is 36.3 cm³/mol. The Balaban J connectivity index is 3.47. The standard InChI is InChI=1S/C6H3F3O3S/c7-4-1-3(13(9,11)12)2-5(8)6(4)10/h1-2,10H. The van der Waals surface area contributed by atoms with Crippen LogP contribution in [0, 0.1) is 11.6 Å². The number of rotatable bonds is 1.